The van der Waals surface area contributed by atoms with E-state index in [4.69, 9.17) is 51.1 Å². The molecule has 1 aliphatic heterocycles. The molecule has 0 radical (unpaired) electrons. The first-order valence-electron chi connectivity index (χ1n) is 9.55. The van der Waals surface area contributed by atoms with Gasteiger partial charge < -0.3 is 9.64 Å². The van der Waals surface area contributed by atoms with Gasteiger partial charge in [-0.25, -0.2) is 8.42 Å². The van der Waals surface area contributed by atoms with Crippen LogP contribution < -0.4 is 9.46 Å². The summed E-state index contributed by atoms with van der Waals surface area (Å²) < 4.78 is 35.0. The van der Waals surface area contributed by atoms with Crippen molar-refractivity contribution in [2.75, 3.05) is 24.9 Å². The van der Waals surface area contributed by atoms with E-state index < -0.39 is 10.0 Å². The van der Waals surface area contributed by atoms with E-state index in [9.17, 15) is 8.42 Å². The van der Waals surface area contributed by atoms with Gasteiger partial charge in [-0.1, -0.05) is 52.5 Å². The Balaban J connectivity index is 1.57. The highest BCUT2D eigenvalue weighted by Gasteiger charge is 2.24. The van der Waals surface area contributed by atoms with E-state index in [1.807, 2.05) is 7.05 Å². The molecule has 11 heteroatoms. The van der Waals surface area contributed by atoms with Gasteiger partial charge in [0.05, 0.1) is 20.8 Å². The number of hydrogen-bond acceptors (Lipinski definition) is 5. The van der Waals surface area contributed by atoms with Gasteiger partial charge in [-0.05, 0) is 49.4 Å². The van der Waals surface area contributed by atoms with E-state index in [-0.39, 0.29) is 10.3 Å². The topological polar surface area (TPSA) is 58.6 Å². The molecule has 1 N–H and O–H groups in total. The summed E-state index contributed by atoms with van der Waals surface area (Å²) in [4.78, 5) is 2.16. The van der Waals surface area contributed by atoms with E-state index in [1.165, 1.54) is 6.07 Å². The molecule has 1 atom stereocenters. The summed E-state index contributed by atoms with van der Waals surface area (Å²) in [6, 6.07) is 11.3. The number of thiophene rings is 1. The molecule has 1 aromatic heterocycles. The smallest absolute Gasteiger partial charge is 0.271 e. The molecule has 0 bridgehead atoms. The second kappa shape index (κ2) is 9.58. The number of benzene rings is 2. The largest absolute Gasteiger partial charge is 0.487 e. The lowest BCUT2D eigenvalue weighted by Gasteiger charge is -2.16. The summed E-state index contributed by atoms with van der Waals surface area (Å²) in [7, 11) is -1.87. The Hall–Kier alpha value is -1.19. The molecule has 4 rings (SSSR count). The molecule has 5 nitrogen and oxygen atoms in total. The van der Waals surface area contributed by atoms with Crippen molar-refractivity contribution in [3.8, 4) is 16.9 Å². The number of rotatable bonds is 6. The van der Waals surface area contributed by atoms with Crippen molar-refractivity contribution in [1.29, 1.82) is 0 Å². The molecule has 1 saturated heterocycles. The second-order valence-electron chi connectivity index (χ2n) is 7.42. The van der Waals surface area contributed by atoms with Crippen LogP contribution in [0.1, 0.15) is 6.42 Å². The Morgan fingerprint density at radius 1 is 1.03 bits per heavy atom. The SMILES string of the molecule is CN1CC[C@@H](Oc2cc(NS(=O)(=O)c3cc(-c4ccc(Cl)c(Cl)c4)c(Cl)s3)ccc2Cl)C1. The summed E-state index contributed by atoms with van der Waals surface area (Å²) >= 11 is 25.6. The summed E-state index contributed by atoms with van der Waals surface area (Å²) in [5.74, 6) is 0.438. The minimum Gasteiger partial charge on any atom is -0.487 e. The first-order chi connectivity index (χ1) is 15.1. The maximum absolute atomic E-state index is 13.0. The predicted octanol–water partition coefficient (Wildman–Crippen LogP) is 6.91. The van der Waals surface area contributed by atoms with Crippen molar-refractivity contribution in [3.63, 3.8) is 0 Å². The summed E-state index contributed by atoms with van der Waals surface area (Å²) in [6.07, 6.45) is 0.891. The van der Waals surface area contributed by atoms with E-state index in [2.05, 4.69) is 9.62 Å². The molecular formula is C21H18Cl4N2O3S2. The molecule has 1 aliphatic rings. The van der Waals surface area contributed by atoms with Crippen LogP contribution in [0.4, 0.5) is 5.69 Å². The third-order valence-electron chi connectivity index (χ3n) is 4.98. The fraction of sp³-hybridized carbons (Fsp3) is 0.238. The Kier molecular flexibility index (Phi) is 7.17. The van der Waals surface area contributed by atoms with Gasteiger partial charge in [0, 0.05) is 24.7 Å². The van der Waals surface area contributed by atoms with Crippen molar-refractivity contribution in [1.82, 2.24) is 4.90 Å². The average molecular weight is 552 g/mol. The molecule has 0 amide bonds. The molecule has 2 aromatic carbocycles. The van der Waals surface area contributed by atoms with Gasteiger partial charge in [0.1, 0.15) is 20.4 Å². The highest BCUT2D eigenvalue weighted by Crippen LogP contribution is 2.40. The number of ether oxygens (including phenoxy) is 1. The zero-order valence-corrected chi connectivity index (χ0v) is 21.4. The number of nitrogens with zero attached hydrogens (tertiary/aromatic N) is 1. The van der Waals surface area contributed by atoms with Gasteiger partial charge in [0.2, 0.25) is 0 Å². The average Bonchev–Trinajstić information content (AvgIpc) is 3.32. The van der Waals surface area contributed by atoms with Crippen LogP contribution in [0, 0.1) is 0 Å². The molecule has 0 unspecified atom stereocenters. The quantitative estimate of drug-likeness (QED) is 0.361. The van der Waals surface area contributed by atoms with Crippen LogP contribution in [0.25, 0.3) is 11.1 Å². The zero-order valence-electron chi connectivity index (χ0n) is 16.7. The Morgan fingerprint density at radius 2 is 1.78 bits per heavy atom. The number of likely N-dealkylation sites (N-methyl/N-ethyl adjacent to an activating group) is 1. The van der Waals surface area contributed by atoms with Crippen LogP contribution in [0.3, 0.4) is 0 Å². The first kappa shape index (κ1) is 24.0. The second-order valence-corrected chi connectivity index (χ2v) is 12.2. The number of halogens is 4. The predicted molar refractivity (Wildman–Crippen MR) is 134 cm³/mol. The number of sulfonamides is 1. The summed E-state index contributed by atoms with van der Waals surface area (Å²) in [6.45, 7) is 1.73. The fourth-order valence-electron chi connectivity index (χ4n) is 3.37. The molecule has 1 fully saturated rings. The normalized spacial score (nSPS) is 17.0. The number of anilines is 1. The monoisotopic (exact) mass is 550 g/mol. The van der Waals surface area contributed by atoms with Crippen molar-refractivity contribution >= 4 is 73.5 Å². The van der Waals surface area contributed by atoms with Crippen LogP contribution in [-0.2, 0) is 10.0 Å². The lowest BCUT2D eigenvalue weighted by atomic mass is 10.1. The van der Waals surface area contributed by atoms with Gasteiger partial charge in [0.25, 0.3) is 10.0 Å². The molecule has 32 heavy (non-hydrogen) atoms. The summed E-state index contributed by atoms with van der Waals surface area (Å²) in [5.41, 5.74) is 1.57. The van der Waals surface area contributed by atoms with Gasteiger partial charge >= 0.3 is 0 Å². The highest BCUT2D eigenvalue weighted by molar-refractivity contribution is 7.94. The number of hydrogen-bond donors (Lipinski definition) is 1. The van der Waals surface area contributed by atoms with E-state index in [0.717, 1.165) is 30.8 Å². The third-order valence-corrected chi connectivity index (χ3v) is 9.25. The van der Waals surface area contributed by atoms with E-state index in [1.54, 1.807) is 36.4 Å². The molecule has 0 spiro atoms. The fourth-order valence-corrected chi connectivity index (χ4v) is 6.65. The summed E-state index contributed by atoms with van der Waals surface area (Å²) in [5, 5.41) is 1.18. The molecule has 2 heterocycles. The Morgan fingerprint density at radius 3 is 2.47 bits per heavy atom. The standard InChI is InChI=1S/C21H18Cl4N2O3S2/c1-27-7-6-14(11-27)30-19-9-13(3-5-17(19)23)26-32(28,29)20-10-15(21(25)31-20)12-2-4-16(22)18(24)8-12/h2-5,8-10,14,26H,6-7,11H2,1H3/t14-/m1/s1. The van der Waals surface area contributed by atoms with Crippen molar-refractivity contribution < 1.29 is 13.2 Å². The van der Waals surface area contributed by atoms with Gasteiger partial charge in [-0.2, -0.15) is 0 Å². The van der Waals surface area contributed by atoms with Crippen molar-refractivity contribution in [3.05, 3.63) is 61.9 Å². The van der Waals surface area contributed by atoms with E-state index >= 15 is 0 Å². The molecule has 0 aliphatic carbocycles. The Bertz CT molecular complexity index is 1260. The Labute approximate surface area is 210 Å². The molecule has 170 valence electrons. The maximum Gasteiger partial charge on any atom is 0.271 e. The number of nitrogens with one attached hydrogen (secondary N) is 1. The minimum atomic E-state index is -3.89. The molecular weight excluding hydrogens is 534 g/mol. The zero-order chi connectivity index (χ0) is 23.0. The van der Waals surface area contributed by atoms with Crippen LogP contribution in [0.15, 0.2) is 46.7 Å². The lowest BCUT2D eigenvalue weighted by molar-refractivity contribution is 0.208. The minimum absolute atomic E-state index is 0.00853. The third kappa shape index (κ3) is 5.30. The highest BCUT2D eigenvalue weighted by atomic mass is 35.5. The van der Waals surface area contributed by atoms with Crippen molar-refractivity contribution in [2.45, 2.75) is 16.7 Å². The van der Waals surface area contributed by atoms with Crippen LogP contribution in [0.5, 0.6) is 5.75 Å². The molecule has 0 saturated carbocycles. The van der Waals surface area contributed by atoms with E-state index in [0.29, 0.717) is 42.0 Å². The van der Waals surface area contributed by atoms with Crippen LogP contribution in [-0.4, -0.2) is 39.6 Å². The number of likely N-dealkylation sites (tertiary alicyclic amines) is 1. The van der Waals surface area contributed by atoms with Crippen LogP contribution >= 0.6 is 57.7 Å². The van der Waals surface area contributed by atoms with Crippen molar-refractivity contribution in [2.24, 2.45) is 0 Å². The molecule has 3 aromatic rings. The first-order valence-corrected chi connectivity index (χ1v) is 13.4. The lowest BCUT2D eigenvalue weighted by Crippen LogP contribution is -2.21. The maximum atomic E-state index is 13.0. The van der Waals surface area contributed by atoms with Crippen LogP contribution in [0.2, 0.25) is 19.4 Å². The van der Waals surface area contributed by atoms with Gasteiger partial charge in [-0.3, -0.25) is 4.72 Å². The van der Waals surface area contributed by atoms with Gasteiger partial charge in [-0.15, -0.1) is 11.3 Å². The van der Waals surface area contributed by atoms with Gasteiger partial charge in [0.15, 0.2) is 0 Å².